The molecule has 0 aliphatic rings. The van der Waals surface area contributed by atoms with Crippen molar-refractivity contribution in [2.75, 3.05) is 0 Å². The van der Waals surface area contributed by atoms with Crippen molar-refractivity contribution in [2.24, 2.45) is 0 Å². The van der Waals surface area contributed by atoms with Crippen molar-refractivity contribution >= 4 is 28.2 Å². The van der Waals surface area contributed by atoms with Crippen LogP contribution in [0.25, 0.3) is 21.5 Å². The van der Waals surface area contributed by atoms with Gasteiger partial charge in [0.2, 0.25) is 0 Å². The Hall–Kier alpha value is -3.05. The van der Waals surface area contributed by atoms with Crippen LogP contribution in [0.5, 0.6) is 0 Å². The molecular formula is C23H20N2O2S. The molecule has 0 aliphatic heterocycles. The first-order chi connectivity index (χ1) is 13.7. The van der Waals surface area contributed by atoms with E-state index in [0.29, 0.717) is 12.8 Å². The number of aromatic nitrogens is 2. The molecule has 0 saturated heterocycles. The number of rotatable bonds is 6. The highest BCUT2D eigenvalue weighted by atomic mass is 32.1. The maximum atomic E-state index is 12.1. The van der Waals surface area contributed by atoms with E-state index in [2.05, 4.69) is 41.2 Å². The first-order valence-corrected chi connectivity index (χ1v) is 10.1. The van der Waals surface area contributed by atoms with Crippen molar-refractivity contribution in [3.05, 3.63) is 83.0 Å². The third-order valence-corrected chi connectivity index (χ3v) is 5.41. The number of benzene rings is 2. The Morgan fingerprint density at radius 2 is 1.79 bits per heavy atom. The van der Waals surface area contributed by atoms with Gasteiger partial charge in [-0.2, -0.15) is 0 Å². The minimum atomic E-state index is -0.236. The molecule has 2 heterocycles. The van der Waals surface area contributed by atoms with E-state index in [9.17, 15) is 4.79 Å². The van der Waals surface area contributed by atoms with Crippen LogP contribution in [0.3, 0.4) is 0 Å². The lowest BCUT2D eigenvalue weighted by atomic mass is 10.1. The van der Waals surface area contributed by atoms with E-state index in [1.54, 1.807) is 11.3 Å². The first-order valence-electron chi connectivity index (χ1n) is 9.19. The van der Waals surface area contributed by atoms with Gasteiger partial charge >= 0.3 is 5.97 Å². The number of thiazole rings is 1. The number of hydrogen-bond donors (Lipinski definition) is 0. The minimum absolute atomic E-state index is 0.201. The Balaban J connectivity index is 1.30. The minimum Gasteiger partial charge on any atom is -0.459 e. The lowest BCUT2D eigenvalue weighted by Gasteiger charge is -2.04. The number of aryl methyl sites for hydroxylation is 2. The predicted molar refractivity (Wildman–Crippen MR) is 112 cm³/mol. The van der Waals surface area contributed by atoms with E-state index in [4.69, 9.17) is 4.74 Å². The number of hydrogen-bond acceptors (Lipinski definition) is 5. The highest BCUT2D eigenvalue weighted by Crippen LogP contribution is 2.24. The predicted octanol–water partition coefficient (Wildman–Crippen LogP) is 5.34. The average molecular weight is 388 g/mol. The van der Waals surface area contributed by atoms with Gasteiger partial charge in [0.25, 0.3) is 0 Å². The number of pyridine rings is 1. The summed E-state index contributed by atoms with van der Waals surface area (Å²) in [4.78, 5) is 21.2. The van der Waals surface area contributed by atoms with Gasteiger partial charge in [-0.3, -0.25) is 9.78 Å². The van der Waals surface area contributed by atoms with Gasteiger partial charge in [-0.15, -0.1) is 11.3 Å². The van der Waals surface area contributed by atoms with Gasteiger partial charge < -0.3 is 4.74 Å². The number of fused-ring (bicyclic) bond motifs is 1. The Kier molecular flexibility index (Phi) is 5.44. The smallest absolute Gasteiger partial charge is 0.306 e. The van der Waals surface area contributed by atoms with E-state index in [-0.39, 0.29) is 12.6 Å². The van der Waals surface area contributed by atoms with Gasteiger partial charge in [0.1, 0.15) is 11.6 Å². The summed E-state index contributed by atoms with van der Waals surface area (Å²) in [5.74, 6) is -0.236. The van der Waals surface area contributed by atoms with Gasteiger partial charge in [-0.25, -0.2) is 4.98 Å². The zero-order valence-electron chi connectivity index (χ0n) is 15.6. The zero-order valence-corrected chi connectivity index (χ0v) is 16.4. The number of ether oxygens (including phenoxy) is 1. The standard InChI is InChI=1S/C23H20N2O2S/c1-16-6-8-18(9-7-16)23-25-20(15-28-23)14-27-22(26)13-12-19-11-10-17-4-2-3-5-21(17)24-19/h2-11,15H,12-14H2,1H3. The molecule has 0 spiro atoms. The molecular weight excluding hydrogens is 368 g/mol. The van der Waals surface area contributed by atoms with Crippen LogP contribution >= 0.6 is 11.3 Å². The van der Waals surface area contributed by atoms with E-state index < -0.39 is 0 Å². The largest absolute Gasteiger partial charge is 0.459 e. The summed E-state index contributed by atoms with van der Waals surface area (Å²) in [6, 6.07) is 20.2. The van der Waals surface area contributed by atoms with Gasteiger partial charge in [0.05, 0.1) is 17.6 Å². The van der Waals surface area contributed by atoms with Crippen molar-refractivity contribution in [3.8, 4) is 10.6 Å². The Labute approximate surface area is 167 Å². The fraction of sp³-hybridized carbons (Fsp3) is 0.174. The van der Waals surface area contributed by atoms with Crippen LogP contribution in [0.4, 0.5) is 0 Å². The number of para-hydroxylation sites is 1. The molecule has 4 rings (SSSR count). The SMILES string of the molecule is Cc1ccc(-c2nc(COC(=O)CCc3ccc4ccccc4n3)cs2)cc1. The molecule has 0 bridgehead atoms. The number of nitrogens with zero attached hydrogens (tertiary/aromatic N) is 2. The van der Waals surface area contributed by atoms with Crippen LogP contribution in [0.1, 0.15) is 23.4 Å². The molecule has 28 heavy (non-hydrogen) atoms. The fourth-order valence-electron chi connectivity index (χ4n) is 2.91. The van der Waals surface area contributed by atoms with E-state index in [0.717, 1.165) is 32.9 Å². The van der Waals surface area contributed by atoms with Crippen LogP contribution in [0, 0.1) is 6.92 Å². The molecule has 5 heteroatoms. The highest BCUT2D eigenvalue weighted by Gasteiger charge is 2.09. The third-order valence-electron chi connectivity index (χ3n) is 4.47. The van der Waals surface area contributed by atoms with Gasteiger partial charge in [0.15, 0.2) is 0 Å². The molecule has 0 fully saturated rings. The Morgan fingerprint density at radius 1 is 0.964 bits per heavy atom. The van der Waals surface area contributed by atoms with Crippen LogP contribution in [-0.2, 0) is 22.6 Å². The quantitative estimate of drug-likeness (QED) is 0.418. The fourth-order valence-corrected chi connectivity index (χ4v) is 3.72. The molecule has 2 aromatic carbocycles. The average Bonchev–Trinajstić information content (AvgIpc) is 3.20. The summed E-state index contributed by atoms with van der Waals surface area (Å²) in [7, 11) is 0. The highest BCUT2D eigenvalue weighted by molar-refractivity contribution is 7.13. The second kappa shape index (κ2) is 8.31. The van der Waals surface area contributed by atoms with Crippen molar-refractivity contribution in [2.45, 2.75) is 26.4 Å². The second-order valence-corrected chi connectivity index (χ2v) is 7.52. The molecule has 0 unspecified atom stereocenters. The van der Waals surface area contributed by atoms with E-state index >= 15 is 0 Å². The molecule has 0 saturated carbocycles. The maximum Gasteiger partial charge on any atom is 0.306 e. The molecule has 2 aromatic heterocycles. The number of carbonyl (C=O) groups is 1. The van der Waals surface area contributed by atoms with Crippen LogP contribution in [-0.4, -0.2) is 15.9 Å². The maximum absolute atomic E-state index is 12.1. The lowest BCUT2D eigenvalue weighted by molar-refractivity contribution is -0.145. The van der Waals surface area contributed by atoms with Crippen molar-refractivity contribution in [1.82, 2.24) is 9.97 Å². The van der Waals surface area contributed by atoms with Gasteiger partial charge in [0, 0.05) is 28.4 Å². The molecule has 0 aliphatic carbocycles. The van der Waals surface area contributed by atoms with Crippen LogP contribution in [0.2, 0.25) is 0 Å². The molecule has 0 N–H and O–H groups in total. The monoisotopic (exact) mass is 388 g/mol. The molecule has 4 aromatic rings. The summed E-state index contributed by atoms with van der Waals surface area (Å²) in [6.07, 6.45) is 0.871. The van der Waals surface area contributed by atoms with Crippen molar-refractivity contribution in [1.29, 1.82) is 0 Å². The molecule has 0 amide bonds. The Bertz CT molecular complexity index is 1100. The van der Waals surface area contributed by atoms with Crippen LogP contribution < -0.4 is 0 Å². The molecule has 0 atom stereocenters. The second-order valence-electron chi connectivity index (χ2n) is 6.67. The lowest BCUT2D eigenvalue weighted by Crippen LogP contribution is -2.06. The number of esters is 1. The molecule has 0 radical (unpaired) electrons. The van der Waals surface area contributed by atoms with Gasteiger partial charge in [-0.05, 0) is 19.1 Å². The van der Waals surface area contributed by atoms with Gasteiger partial charge in [-0.1, -0.05) is 54.1 Å². The summed E-state index contributed by atoms with van der Waals surface area (Å²) in [5.41, 5.74) is 4.91. The topological polar surface area (TPSA) is 52.1 Å². The van der Waals surface area contributed by atoms with Crippen molar-refractivity contribution in [3.63, 3.8) is 0 Å². The summed E-state index contributed by atoms with van der Waals surface area (Å²) >= 11 is 1.56. The van der Waals surface area contributed by atoms with E-state index in [1.807, 2.05) is 41.8 Å². The summed E-state index contributed by atoms with van der Waals surface area (Å²) in [6.45, 7) is 2.26. The first kappa shape index (κ1) is 18.3. The van der Waals surface area contributed by atoms with E-state index in [1.165, 1.54) is 5.56 Å². The third kappa shape index (κ3) is 4.43. The zero-order chi connectivity index (χ0) is 19.3. The number of carbonyl (C=O) groups excluding carboxylic acids is 1. The summed E-state index contributed by atoms with van der Waals surface area (Å²) < 4.78 is 5.38. The molecule has 140 valence electrons. The van der Waals surface area contributed by atoms with Crippen molar-refractivity contribution < 1.29 is 9.53 Å². The Morgan fingerprint density at radius 3 is 2.64 bits per heavy atom. The van der Waals surface area contributed by atoms with Crippen LogP contribution in [0.15, 0.2) is 66.0 Å². The molecule has 4 nitrogen and oxygen atoms in total. The normalized spacial score (nSPS) is 10.9. The summed E-state index contributed by atoms with van der Waals surface area (Å²) in [5, 5.41) is 3.97.